The van der Waals surface area contributed by atoms with Crippen LogP contribution in [0.4, 0.5) is 18.9 Å². The Balaban J connectivity index is 1.36. The zero-order valence-electron chi connectivity index (χ0n) is 30.2. The predicted octanol–water partition coefficient (Wildman–Crippen LogP) is 5.95. The van der Waals surface area contributed by atoms with Crippen molar-refractivity contribution in [2.24, 2.45) is 0 Å². The summed E-state index contributed by atoms with van der Waals surface area (Å²) in [4.78, 5) is 39.3. The number of pyridine rings is 1. The molecule has 4 aromatic heterocycles. The van der Waals surface area contributed by atoms with Crippen LogP contribution in [0.3, 0.4) is 0 Å². The minimum atomic E-state index is -3.87. The minimum Gasteiger partial charge on any atom is -0.455 e. The fourth-order valence-corrected chi connectivity index (χ4v) is 7.74. The minimum absolute atomic E-state index is 0.0181. The third-order valence-corrected chi connectivity index (χ3v) is 11.3. The van der Waals surface area contributed by atoms with Gasteiger partial charge in [-0.2, -0.15) is 0 Å². The summed E-state index contributed by atoms with van der Waals surface area (Å²) in [7, 11) is -1.12. The molecule has 1 fully saturated rings. The highest BCUT2D eigenvalue weighted by molar-refractivity contribution is 7.92. The number of hydrogen-bond acceptors (Lipinski definition) is 8. The Bertz CT molecular complexity index is 2850. The standard InChI is InChI=1S/C39H34F3N7O5S/c1-21(50)48-14-12-47(13-15-48)20-35-44-30-11-10-29(45-37(30)33-18-24-27(41)6-5-7-31(24)49(33)35)25-17-26-34(19-32(25)46(3)55(4,52)53)54-38(36(26)39(51)43-2)23-9-8-22(40)16-28(23)42/h5-11,16-19H,12-15,20H2,1-4H3,(H,43,51). The highest BCUT2D eigenvalue weighted by Gasteiger charge is 2.28. The second kappa shape index (κ2) is 13.4. The van der Waals surface area contributed by atoms with E-state index < -0.39 is 33.4 Å². The summed E-state index contributed by atoms with van der Waals surface area (Å²) in [5.41, 5.74) is 2.61. The van der Waals surface area contributed by atoms with E-state index in [0.717, 1.165) is 22.7 Å². The molecular formula is C39H34F3N7O5S. The molecule has 0 saturated carbocycles. The number of fused-ring (bicyclic) bond motifs is 6. The van der Waals surface area contributed by atoms with E-state index in [2.05, 4.69) is 10.2 Å². The molecule has 0 bridgehead atoms. The molecule has 8 rings (SSSR count). The van der Waals surface area contributed by atoms with Gasteiger partial charge in [0.15, 0.2) is 5.76 Å². The normalized spacial score (nSPS) is 14.1. The Morgan fingerprint density at radius 1 is 0.891 bits per heavy atom. The molecule has 0 unspecified atom stereocenters. The first-order valence-electron chi connectivity index (χ1n) is 17.3. The summed E-state index contributed by atoms with van der Waals surface area (Å²) in [5.74, 6) is -2.34. The Kier molecular flexibility index (Phi) is 8.76. The number of furan rings is 1. The van der Waals surface area contributed by atoms with Crippen molar-refractivity contribution in [2.75, 3.05) is 50.8 Å². The number of aromatic nitrogens is 3. The molecule has 55 heavy (non-hydrogen) atoms. The number of anilines is 1. The number of nitrogens with one attached hydrogen (secondary N) is 1. The lowest BCUT2D eigenvalue weighted by atomic mass is 10.0. The van der Waals surface area contributed by atoms with Crippen molar-refractivity contribution in [3.63, 3.8) is 0 Å². The number of piperazine rings is 1. The predicted molar refractivity (Wildman–Crippen MR) is 203 cm³/mol. The van der Waals surface area contributed by atoms with Crippen molar-refractivity contribution < 1.29 is 35.6 Å². The second-order valence-electron chi connectivity index (χ2n) is 13.5. The summed E-state index contributed by atoms with van der Waals surface area (Å²) in [6.07, 6.45) is 1.03. The SMILES string of the molecule is CNC(=O)c1c(-c2ccc(F)cc2F)oc2cc(N(C)S(C)(=O)=O)c(-c3ccc4nc(CN5CCN(C(C)=O)CC5)n5c6cccc(F)c6cc5c4n3)cc12. The summed E-state index contributed by atoms with van der Waals surface area (Å²) in [5, 5.41) is 3.13. The van der Waals surface area contributed by atoms with Crippen molar-refractivity contribution in [3.8, 4) is 22.6 Å². The molecule has 1 aliphatic heterocycles. The first-order valence-corrected chi connectivity index (χ1v) is 19.2. The largest absolute Gasteiger partial charge is 0.455 e. The number of carbonyl (C=O) groups excluding carboxylic acids is 2. The van der Waals surface area contributed by atoms with Gasteiger partial charge in [0.2, 0.25) is 15.9 Å². The van der Waals surface area contributed by atoms with Gasteiger partial charge >= 0.3 is 0 Å². The van der Waals surface area contributed by atoms with Gasteiger partial charge in [0.1, 0.15) is 34.4 Å². The van der Waals surface area contributed by atoms with Gasteiger partial charge in [0, 0.05) is 75.7 Å². The van der Waals surface area contributed by atoms with Gasteiger partial charge in [-0.1, -0.05) is 6.07 Å². The quantitative estimate of drug-likeness (QED) is 0.210. The van der Waals surface area contributed by atoms with Gasteiger partial charge in [-0.15, -0.1) is 0 Å². The van der Waals surface area contributed by atoms with E-state index in [-0.39, 0.29) is 45.0 Å². The van der Waals surface area contributed by atoms with Crippen LogP contribution in [0.25, 0.3) is 61.0 Å². The molecule has 1 aliphatic rings. The highest BCUT2D eigenvalue weighted by atomic mass is 32.2. The van der Waals surface area contributed by atoms with E-state index in [0.29, 0.717) is 77.8 Å². The zero-order valence-corrected chi connectivity index (χ0v) is 31.0. The first-order chi connectivity index (χ1) is 26.2. The number of rotatable bonds is 7. The lowest BCUT2D eigenvalue weighted by Gasteiger charge is -2.34. The van der Waals surface area contributed by atoms with E-state index in [1.54, 1.807) is 48.2 Å². The van der Waals surface area contributed by atoms with E-state index in [1.165, 1.54) is 26.2 Å². The maximum absolute atomic E-state index is 15.3. The van der Waals surface area contributed by atoms with Crippen LogP contribution >= 0.6 is 0 Å². The fraction of sp³-hybridized carbons (Fsp3) is 0.231. The van der Waals surface area contributed by atoms with Crippen LogP contribution in [0.2, 0.25) is 0 Å². The molecule has 12 nitrogen and oxygen atoms in total. The van der Waals surface area contributed by atoms with Crippen LogP contribution in [0.1, 0.15) is 23.1 Å². The molecule has 0 aliphatic carbocycles. The molecule has 1 saturated heterocycles. The maximum Gasteiger partial charge on any atom is 0.255 e. The van der Waals surface area contributed by atoms with E-state index >= 15 is 8.78 Å². The number of amides is 2. The zero-order chi connectivity index (χ0) is 38.9. The Hall–Kier alpha value is -6.00. The van der Waals surface area contributed by atoms with E-state index in [4.69, 9.17) is 14.4 Å². The molecule has 0 radical (unpaired) electrons. The smallest absolute Gasteiger partial charge is 0.255 e. The molecule has 0 spiro atoms. The summed E-state index contributed by atoms with van der Waals surface area (Å²) < 4.78 is 79.3. The van der Waals surface area contributed by atoms with Gasteiger partial charge < -0.3 is 14.6 Å². The summed E-state index contributed by atoms with van der Waals surface area (Å²) >= 11 is 0. The third-order valence-electron chi connectivity index (χ3n) is 10.1. The van der Waals surface area contributed by atoms with Gasteiger partial charge in [0.25, 0.3) is 5.91 Å². The van der Waals surface area contributed by atoms with Crippen molar-refractivity contribution in [1.82, 2.24) is 29.5 Å². The molecule has 282 valence electrons. The van der Waals surface area contributed by atoms with E-state index in [1.807, 2.05) is 4.40 Å². The third kappa shape index (κ3) is 6.20. The Morgan fingerprint density at radius 3 is 2.35 bits per heavy atom. The van der Waals surface area contributed by atoms with Crippen LogP contribution in [0.5, 0.6) is 0 Å². The molecular weight excluding hydrogens is 736 g/mol. The van der Waals surface area contributed by atoms with Gasteiger partial charge in [-0.05, 0) is 48.5 Å². The number of carbonyl (C=O) groups is 2. The van der Waals surface area contributed by atoms with Crippen LogP contribution in [0, 0.1) is 17.5 Å². The number of sulfonamides is 1. The Morgan fingerprint density at radius 2 is 1.65 bits per heavy atom. The highest BCUT2D eigenvalue weighted by Crippen LogP contribution is 2.42. The summed E-state index contributed by atoms with van der Waals surface area (Å²) in [6.45, 7) is 4.38. The average Bonchev–Trinajstić information content (AvgIpc) is 3.73. The number of halogens is 3. The number of benzene rings is 3. The van der Waals surface area contributed by atoms with Gasteiger partial charge in [-0.25, -0.2) is 31.6 Å². The number of nitrogens with zero attached hydrogens (tertiary/aromatic N) is 6. The lowest BCUT2D eigenvalue weighted by Crippen LogP contribution is -2.47. The maximum atomic E-state index is 15.3. The van der Waals surface area contributed by atoms with Crippen LogP contribution in [-0.2, 0) is 21.4 Å². The molecule has 7 aromatic rings. The Labute approximate surface area is 312 Å². The van der Waals surface area contributed by atoms with Crippen molar-refractivity contribution in [2.45, 2.75) is 13.5 Å². The molecule has 5 heterocycles. The molecule has 0 atom stereocenters. The summed E-state index contributed by atoms with van der Waals surface area (Å²) in [6, 6.07) is 15.8. The monoisotopic (exact) mass is 769 g/mol. The van der Waals surface area contributed by atoms with Crippen LogP contribution in [0.15, 0.2) is 71.1 Å². The topological polar surface area (TPSA) is 133 Å². The van der Waals surface area contributed by atoms with Crippen molar-refractivity contribution >= 4 is 65.9 Å². The van der Waals surface area contributed by atoms with Gasteiger partial charge in [0.05, 0.1) is 51.9 Å². The lowest BCUT2D eigenvalue weighted by molar-refractivity contribution is -0.130. The average molecular weight is 770 g/mol. The van der Waals surface area contributed by atoms with Crippen molar-refractivity contribution in [1.29, 1.82) is 0 Å². The molecule has 2 amide bonds. The molecule has 3 aromatic carbocycles. The second-order valence-corrected chi connectivity index (χ2v) is 15.5. The molecule has 16 heteroatoms. The van der Waals surface area contributed by atoms with Gasteiger partial charge in [-0.3, -0.25) is 23.2 Å². The van der Waals surface area contributed by atoms with Crippen LogP contribution in [-0.4, -0.2) is 90.9 Å². The fourth-order valence-electron chi connectivity index (χ4n) is 7.23. The number of hydrogen-bond donors (Lipinski definition) is 1. The molecule has 1 N–H and O–H groups in total. The van der Waals surface area contributed by atoms with Crippen LogP contribution < -0.4 is 9.62 Å². The first kappa shape index (κ1) is 36.0. The van der Waals surface area contributed by atoms with Crippen molar-refractivity contribution in [3.05, 3.63) is 95.6 Å². The van der Waals surface area contributed by atoms with E-state index in [9.17, 15) is 22.4 Å².